The predicted molar refractivity (Wildman–Crippen MR) is 142 cm³/mol. The normalized spacial score (nSPS) is 11.5. The average Bonchev–Trinajstić information content (AvgIpc) is 3.35. The van der Waals surface area contributed by atoms with E-state index in [0.29, 0.717) is 16.6 Å². The molecule has 1 aromatic heterocycles. The van der Waals surface area contributed by atoms with E-state index in [4.69, 9.17) is 5.11 Å². The van der Waals surface area contributed by atoms with Gasteiger partial charge in [-0.25, -0.2) is 4.79 Å². The number of nitrogens with one attached hydrogen (secondary N) is 1. The van der Waals surface area contributed by atoms with Crippen LogP contribution in [-0.4, -0.2) is 21.6 Å². The van der Waals surface area contributed by atoms with Crippen LogP contribution in [0.4, 0.5) is 13.2 Å². The largest absolute Gasteiger partial charge is 0.478 e. The molecule has 8 heteroatoms. The third-order valence-electron chi connectivity index (χ3n) is 6.54. The smallest absolute Gasteiger partial charge is 0.416 e. The van der Waals surface area contributed by atoms with Crippen LogP contribution in [0.25, 0.3) is 22.0 Å². The summed E-state index contributed by atoms with van der Waals surface area (Å²) in [5, 5.41) is 12.8. The molecule has 1 amide bonds. The van der Waals surface area contributed by atoms with Crippen LogP contribution >= 0.6 is 0 Å². The van der Waals surface area contributed by atoms with Crippen LogP contribution in [-0.2, 0) is 19.3 Å². The van der Waals surface area contributed by atoms with Crippen molar-refractivity contribution in [3.63, 3.8) is 0 Å². The predicted octanol–water partition coefficient (Wildman–Crippen LogP) is 7.00. The highest BCUT2D eigenvalue weighted by molar-refractivity contribution is 6.10. The number of hydrogen-bond donors (Lipinski definition) is 2. The molecule has 0 atom stereocenters. The molecular formula is C31H23F3N2O3. The van der Waals surface area contributed by atoms with Gasteiger partial charge in [0.15, 0.2) is 0 Å². The Morgan fingerprint density at radius 2 is 1.46 bits per heavy atom. The molecule has 0 saturated carbocycles. The molecule has 0 aliphatic carbocycles. The van der Waals surface area contributed by atoms with Gasteiger partial charge in [0.05, 0.1) is 22.2 Å². The summed E-state index contributed by atoms with van der Waals surface area (Å²) in [5.41, 5.74) is 3.83. The number of amides is 1. The van der Waals surface area contributed by atoms with Crippen LogP contribution in [0.15, 0.2) is 103 Å². The molecule has 2 N–H and O–H groups in total. The van der Waals surface area contributed by atoms with Gasteiger partial charge in [-0.05, 0) is 58.7 Å². The van der Waals surface area contributed by atoms with Crippen molar-refractivity contribution in [1.29, 1.82) is 0 Å². The van der Waals surface area contributed by atoms with Crippen molar-refractivity contribution in [2.24, 2.45) is 0 Å². The van der Waals surface area contributed by atoms with Gasteiger partial charge in [-0.3, -0.25) is 4.79 Å². The summed E-state index contributed by atoms with van der Waals surface area (Å²) in [6.07, 6.45) is -2.58. The summed E-state index contributed by atoms with van der Waals surface area (Å²) in [6, 6.07) is 26.5. The topological polar surface area (TPSA) is 71.3 Å². The van der Waals surface area contributed by atoms with Gasteiger partial charge in [0.1, 0.15) is 0 Å². The van der Waals surface area contributed by atoms with E-state index in [1.165, 1.54) is 24.3 Å². The molecule has 0 spiro atoms. The third-order valence-corrected chi connectivity index (χ3v) is 6.54. The monoisotopic (exact) mass is 528 g/mol. The van der Waals surface area contributed by atoms with Crippen LogP contribution < -0.4 is 5.32 Å². The van der Waals surface area contributed by atoms with Crippen LogP contribution in [0.3, 0.4) is 0 Å². The number of fused-ring (bicyclic) bond motifs is 1. The van der Waals surface area contributed by atoms with E-state index in [9.17, 15) is 22.8 Å². The number of aromatic nitrogens is 1. The number of aromatic carboxylic acids is 1. The van der Waals surface area contributed by atoms with Crippen LogP contribution in [0.5, 0.6) is 0 Å². The first-order valence-corrected chi connectivity index (χ1v) is 12.1. The van der Waals surface area contributed by atoms with Crippen molar-refractivity contribution in [2.45, 2.75) is 19.3 Å². The Kier molecular flexibility index (Phi) is 6.94. The number of carbonyl (C=O) groups excluding carboxylic acids is 1. The van der Waals surface area contributed by atoms with E-state index >= 15 is 0 Å². The Hall–Kier alpha value is -4.85. The number of nitrogens with zero attached hydrogens (tertiary/aromatic N) is 1. The number of hydrogen-bond acceptors (Lipinski definition) is 2. The van der Waals surface area contributed by atoms with Crippen molar-refractivity contribution in [3.8, 4) is 11.1 Å². The standard InChI is InChI=1S/C31H23F3N2O3/c32-31(33,34)24-12-8-21(9-13-24)19-36-17-16-26-25(22-4-2-1-3-5-22)14-15-27(28(26)36)29(37)35-18-20-6-10-23(11-7-20)30(38)39/h1-17H,18-19H2,(H,35,37)(H,38,39). The van der Waals surface area contributed by atoms with E-state index in [0.717, 1.165) is 34.2 Å². The van der Waals surface area contributed by atoms with E-state index in [-0.39, 0.29) is 24.6 Å². The molecule has 39 heavy (non-hydrogen) atoms. The molecule has 0 aliphatic rings. The fraction of sp³-hybridized carbons (Fsp3) is 0.0968. The first kappa shape index (κ1) is 25.8. The zero-order valence-electron chi connectivity index (χ0n) is 20.6. The highest BCUT2D eigenvalue weighted by Crippen LogP contribution is 2.33. The lowest BCUT2D eigenvalue weighted by atomic mass is 9.98. The zero-order chi connectivity index (χ0) is 27.6. The quantitative estimate of drug-likeness (QED) is 0.239. The maximum absolute atomic E-state index is 13.4. The Morgan fingerprint density at radius 1 is 0.795 bits per heavy atom. The van der Waals surface area contributed by atoms with Crippen molar-refractivity contribution < 1.29 is 27.9 Å². The Morgan fingerprint density at radius 3 is 2.10 bits per heavy atom. The molecule has 0 radical (unpaired) electrons. The fourth-order valence-electron chi connectivity index (χ4n) is 4.55. The average molecular weight is 529 g/mol. The summed E-state index contributed by atoms with van der Waals surface area (Å²) in [7, 11) is 0. The Bertz CT molecular complexity index is 1640. The van der Waals surface area contributed by atoms with E-state index < -0.39 is 17.7 Å². The number of rotatable bonds is 7. The molecule has 0 aliphatic heterocycles. The lowest BCUT2D eigenvalue weighted by molar-refractivity contribution is -0.137. The molecule has 5 nitrogen and oxygen atoms in total. The molecule has 1 heterocycles. The number of carboxylic acids is 1. The summed E-state index contributed by atoms with van der Waals surface area (Å²) in [5.74, 6) is -1.35. The minimum atomic E-state index is -4.41. The summed E-state index contributed by atoms with van der Waals surface area (Å²) in [4.78, 5) is 24.5. The van der Waals surface area contributed by atoms with Gasteiger partial charge in [-0.1, -0.05) is 60.7 Å². The van der Waals surface area contributed by atoms with Gasteiger partial charge < -0.3 is 15.0 Å². The Labute approximate surface area is 222 Å². The second kappa shape index (κ2) is 10.5. The molecular weight excluding hydrogens is 505 g/mol. The minimum absolute atomic E-state index is 0.157. The SMILES string of the molecule is O=C(O)c1ccc(CNC(=O)c2ccc(-c3ccccc3)c3ccn(Cc4ccc(C(F)(F)F)cc4)c23)cc1. The number of carboxylic acid groups (broad SMARTS) is 1. The van der Waals surface area contributed by atoms with Gasteiger partial charge in [0.25, 0.3) is 5.91 Å². The van der Waals surface area contributed by atoms with E-state index in [2.05, 4.69) is 5.32 Å². The molecule has 0 unspecified atom stereocenters. The van der Waals surface area contributed by atoms with Crippen LogP contribution in [0, 0.1) is 0 Å². The van der Waals surface area contributed by atoms with Gasteiger partial charge in [0.2, 0.25) is 0 Å². The summed E-state index contributed by atoms with van der Waals surface area (Å²) in [6.45, 7) is 0.469. The van der Waals surface area contributed by atoms with E-state index in [1.807, 2.05) is 53.2 Å². The molecule has 196 valence electrons. The summed E-state index contributed by atoms with van der Waals surface area (Å²) < 4.78 is 40.9. The van der Waals surface area contributed by atoms with Gasteiger partial charge >= 0.3 is 12.1 Å². The molecule has 5 rings (SSSR count). The Balaban J connectivity index is 1.49. The molecule has 5 aromatic rings. The maximum Gasteiger partial charge on any atom is 0.416 e. The number of halogens is 3. The third kappa shape index (κ3) is 5.55. The fourth-order valence-corrected chi connectivity index (χ4v) is 4.55. The number of alkyl halides is 3. The second-order valence-electron chi connectivity index (χ2n) is 9.11. The maximum atomic E-state index is 13.4. The van der Waals surface area contributed by atoms with Crippen molar-refractivity contribution >= 4 is 22.8 Å². The highest BCUT2D eigenvalue weighted by atomic mass is 19.4. The van der Waals surface area contributed by atoms with Crippen molar-refractivity contribution in [2.75, 3.05) is 0 Å². The molecule has 0 bridgehead atoms. The molecule has 0 fully saturated rings. The zero-order valence-corrected chi connectivity index (χ0v) is 20.6. The first-order chi connectivity index (χ1) is 18.7. The summed E-state index contributed by atoms with van der Waals surface area (Å²) >= 11 is 0. The second-order valence-corrected chi connectivity index (χ2v) is 9.11. The highest BCUT2D eigenvalue weighted by Gasteiger charge is 2.30. The molecule has 4 aromatic carbocycles. The lowest BCUT2D eigenvalue weighted by Crippen LogP contribution is -2.23. The van der Waals surface area contributed by atoms with Gasteiger partial charge in [0, 0.05) is 24.7 Å². The number of benzene rings is 4. The van der Waals surface area contributed by atoms with E-state index in [1.54, 1.807) is 18.2 Å². The minimum Gasteiger partial charge on any atom is -0.478 e. The lowest BCUT2D eigenvalue weighted by Gasteiger charge is -2.14. The van der Waals surface area contributed by atoms with Crippen molar-refractivity contribution in [1.82, 2.24) is 9.88 Å². The van der Waals surface area contributed by atoms with Crippen molar-refractivity contribution in [3.05, 3.63) is 131 Å². The number of carbonyl (C=O) groups is 2. The van der Waals surface area contributed by atoms with Crippen LogP contribution in [0.2, 0.25) is 0 Å². The molecule has 0 saturated heterocycles. The van der Waals surface area contributed by atoms with Gasteiger partial charge in [-0.15, -0.1) is 0 Å². The van der Waals surface area contributed by atoms with Gasteiger partial charge in [-0.2, -0.15) is 13.2 Å². The first-order valence-electron chi connectivity index (χ1n) is 12.1. The van der Waals surface area contributed by atoms with Crippen LogP contribution in [0.1, 0.15) is 37.4 Å².